The van der Waals surface area contributed by atoms with E-state index in [1.54, 1.807) is 0 Å². The summed E-state index contributed by atoms with van der Waals surface area (Å²) >= 11 is 0. The van der Waals surface area contributed by atoms with Crippen molar-refractivity contribution in [2.24, 2.45) is 0 Å². The van der Waals surface area contributed by atoms with Gasteiger partial charge in [-0.15, -0.1) is 0 Å². The number of sulfonamides is 1. The van der Waals surface area contributed by atoms with Crippen molar-refractivity contribution in [2.75, 3.05) is 19.8 Å². The molecule has 0 saturated carbocycles. The molecule has 4 nitrogen and oxygen atoms in total. The molecule has 96 valence electrons. The van der Waals surface area contributed by atoms with Crippen molar-refractivity contribution >= 4 is 10.0 Å². The van der Waals surface area contributed by atoms with Crippen molar-refractivity contribution in [1.82, 2.24) is 9.62 Å². The fraction of sp³-hybridized carbons (Fsp3) is 0.500. The topological polar surface area (TPSA) is 49.4 Å². The molecule has 0 aliphatic carbocycles. The zero-order valence-electron chi connectivity index (χ0n) is 10.6. The van der Waals surface area contributed by atoms with Gasteiger partial charge in [0.15, 0.2) is 0 Å². The summed E-state index contributed by atoms with van der Waals surface area (Å²) in [6, 6.07) is 7.96. The summed E-state index contributed by atoms with van der Waals surface area (Å²) in [7, 11) is -1.07. The van der Waals surface area contributed by atoms with Gasteiger partial charge in [0.05, 0.1) is 6.26 Å². The fourth-order valence-electron chi connectivity index (χ4n) is 1.48. The summed E-state index contributed by atoms with van der Waals surface area (Å²) in [5.74, 6) is 0. The van der Waals surface area contributed by atoms with Gasteiger partial charge in [0.2, 0.25) is 10.0 Å². The molecule has 0 fully saturated rings. The lowest BCUT2D eigenvalue weighted by Crippen LogP contribution is -2.21. The average molecular weight is 256 g/mol. The van der Waals surface area contributed by atoms with Gasteiger partial charge in [-0.25, -0.2) is 13.1 Å². The van der Waals surface area contributed by atoms with E-state index < -0.39 is 10.0 Å². The normalized spacial score (nSPS) is 12.0. The molecule has 0 atom stereocenters. The van der Waals surface area contributed by atoms with Crippen molar-refractivity contribution in [3.8, 4) is 0 Å². The van der Waals surface area contributed by atoms with Gasteiger partial charge in [0.1, 0.15) is 0 Å². The molecule has 1 aromatic carbocycles. The third-order valence-corrected chi connectivity index (χ3v) is 3.19. The molecule has 1 N–H and O–H groups in total. The number of rotatable bonds is 6. The Kier molecular flexibility index (Phi) is 5.11. The van der Waals surface area contributed by atoms with Crippen LogP contribution in [-0.2, 0) is 23.1 Å². The monoisotopic (exact) mass is 256 g/mol. The van der Waals surface area contributed by atoms with Crippen LogP contribution in [0.15, 0.2) is 24.3 Å². The van der Waals surface area contributed by atoms with E-state index in [9.17, 15) is 8.42 Å². The van der Waals surface area contributed by atoms with Crippen molar-refractivity contribution in [1.29, 1.82) is 0 Å². The van der Waals surface area contributed by atoms with Gasteiger partial charge in [-0.1, -0.05) is 31.2 Å². The quantitative estimate of drug-likeness (QED) is 0.831. The predicted molar refractivity (Wildman–Crippen MR) is 70.1 cm³/mol. The maximum atomic E-state index is 11.0. The van der Waals surface area contributed by atoms with Crippen LogP contribution in [0.2, 0.25) is 0 Å². The summed E-state index contributed by atoms with van der Waals surface area (Å²) in [4.78, 5) is 2.20. The third-order valence-electron chi connectivity index (χ3n) is 2.52. The highest BCUT2D eigenvalue weighted by molar-refractivity contribution is 7.88. The second kappa shape index (κ2) is 6.14. The molecule has 0 spiro atoms. The van der Waals surface area contributed by atoms with Gasteiger partial charge in [-0.05, 0) is 24.7 Å². The molecule has 0 bridgehead atoms. The molecule has 0 radical (unpaired) electrons. The van der Waals surface area contributed by atoms with E-state index in [1.165, 1.54) is 11.8 Å². The average Bonchev–Trinajstić information content (AvgIpc) is 2.26. The summed E-state index contributed by atoms with van der Waals surface area (Å²) in [6.45, 7) is 4.33. The molecule has 0 aliphatic rings. The summed E-state index contributed by atoms with van der Waals surface area (Å²) < 4.78 is 24.5. The summed E-state index contributed by atoms with van der Waals surface area (Å²) in [5, 5.41) is 0. The van der Waals surface area contributed by atoms with Crippen LogP contribution in [0.4, 0.5) is 0 Å². The Hall–Kier alpha value is -0.910. The highest BCUT2D eigenvalue weighted by Gasteiger charge is 2.02. The minimum atomic E-state index is -3.12. The largest absolute Gasteiger partial charge is 0.302 e. The van der Waals surface area contributed by atoms with Crippen molar-refractivity contribution in [3.05, 3.63) is 35.4 Å². The lowest BCUT2D eigenvalue weighted by molar-refractivity contribution is 0.345. The first kappa shape index (κ1) is 14.2. The van der Waals surface area contributed by atoms with E-state index in [2.05, 4.69) is 29.7 Å². The summed E-state index contributed by atoms with van der Waals surface area (Å²) in [5.41, 5.74) is 2.18. The van der Waals surface area contributed by atoms with E-state index >= 15 is 0 Å². The molecular weight excluding hydrogens is 236 g/mol. The van der Waals surface area contributed by atoms with Gasteiger partial charge < -0.3 is 4.90 Å². The van der Waals surface area contributed by atoms with Crippen molar-refractivity contribution < 1.29 is 8.42 Å². The maximum absolute atomic E-state index is 11.0. The van der Waals surface area contributed by atoms with Crippen LogP contribution in [0.3, 0.4) is 0 Å². The van der Waals surface area contributed by atoms with Crippen LogP contribution >= 0.6 is 0 Å². The SMILES string of the molecule is CCN(C)Cc1cccc(CNS(C)(=O)=O)c1. The molecule has 0 aromatic heterocycles. The minimum Gasteiger partial charge on any atom is -0.302 e. The first-order valence-electron chi connectivity index (χ1n) is 5.61. The predicted octanol–water partition coefficient (Wildman–Crippen LogP) is 1.19. The van der Waals surface area contributed by atoms with E-state index in [1.807, 2.05) is 18.2 Å². The number of hydrogen-bond acceptors (Lipinski definition) is 3. The highest BCUT2D eigenvalue weighted by Crippen LogP contribution is 2.07. The number of benzene rings is 1. The van der Waals surface area contributed by atoms with Crippen molar-refractivity contribution in [2.45, 2.75) is 20.0 Å². The molecule has 1 rings (SSSR count). The standard InChI is InChI=1S/C12H20N2O2S/c1-4-14(2)10-12-7-5-6-11(8-12)9-13-17(3,15)16/h5-8,13H,4,9-10H2,1-3H3. The van der Waals surface area contributed by atoms with Crippen LogP contribution in [0.5, 0.6) is 0 Å². The van der Waals surface area contributed by atoms with Gasteiger partial charge in [0, 0.05) is 13.1 Å². The van der Waals surface area contributed by atoms with Crippen LogP contribution in [-0.4, -0.2) is 33.2 Å². The lowest BCUT2D eigenvalue weighted by Gasteiger charge is -2.14. The minimum absolute atomic E-state index is 0.350. The molecule has 1 aromatic rings. The Bertz CT molecular complexity index is 457. The second-order valence-electron chi connectivity index (χ2n) is 4.24. The van der Waals surface area contributed by atoms with Gasteiger partial charge >= 0.3 is 0 Å². The van der Waals surface area contributed by atoms with Crippen LogP contribution < -0.4 is 4.72 Å². The van der Waals surface area contributed by atoms with Gasteiger partial charge in [-0.2, -0.15) is 0 Å². The fourth-order valence-corrected chi connectivity index (χ4v) is 1.90. The highest BCUT2D eigenvalue weighted by atomic mass is 32.2. The van der Waals surface area contributed by atoms with Crippen molar-refractivity contribution in [3.63, 3.8) is 0 Å². The zero-order chi connectivity index (χ0) is 12.9. The Morgan fingerprint density at radius 1 is 1.29 bits per heavy atom. The van der Waals surface area contributed by atoms with Gasteiger partial charge in [-0.3, -0.25) is 0 Å². The molecule has 17 heavy (non-hydrogen) atoms. The number of nitrogens with zero attached hydrogens (tertiary/aromatic N) is 1. The smallest absolute Gasteiger partial charge is 0.209 e. The molecule has 0 unspecified atom stereocenters. The zero-order valence-corrected chi connectivity index (χ0v) is 11.4. The Morgan fingerprint density at radius 3 is 2.53 bits per heavy atom. The molecule has 5 heteroatoms. The van der Waals surface area contributed by atoms with Gasteiger partial charge in [0.25, 0.3) is 0 Å². The van der Waals surface area contributed by atoms with E-state index in [-0.39, 0.29) is 0 Å². The molecule has 0 aliphatic heterocycles. The second-order valence-corrected chi connectivity index (χ2v) is 6.08. The first-order chi connectivity index (χ1) is 7.90. The van der Waals surface area contributed by atoms with E-state index in [0.717, 1.165) is 18.7 Å². The number of hydrogen-bond donors (Lipinski definition) is 1. The van der Waals surface area contributed by atoms with Crippen LogP contribution in [0.25, 0.3) is 0 Å². The Labute approximate surface area is 104 Å². The third kappa shape index (κ3) is 5.81. The van der Waals surface area contributed by atoms with E-state index in [4.69, 9.17) is 0 Å². The molecule has 0 amide bonds. The Morgan fingerprint density at radius 2 is 1.94 bits per heavy atom. The molecule has 0 heterocycles. The summed E-state index contributed by atoms with van der Waals surface area (Å²) in [6.07, 6.45) is 1.17. The van der Waals surface area contributed by atoms with Crippen LogP contribution in [0, 0.1) is 0 Å². The first-order valence-corrected chi connectivity index (χ1v) is 7.51. The maximum Gasteiger partial charge on any atom is 0.209 e. The lowest BCUT2D eigenvalue weighted by atomic mass is 10.1. The number of nitrogens with one attached hydrogen (secondary N) is 1. The van der Waals surface area contributed by atoms with Crippen LogP contribution in [0.1, 0.15) is 18.1 Å². The molecule has 0 saturated heterocycles. The molecular formula is C12H20N2O2S. The van der Waals surface area contributed by atoms with E-state index in [0.29, 0.717) is 6.54 Å². The Balaban J connectivity index is 2.66.